The number of ether oxygens (including phenoxy) is 1. The average Bonchev–Trinajstić information content (AvgIpc) is 3.27. The van der Waals surface area contributed by atoms with Gasteiger partial charge in [0.15, 0.2) is 0 Å². The van der Waals surface area contributed by atoms with Gasteiger partial charge in [-0.3, -0.25) is 4.79 Å². The summed E-state index contributed by atoms with van der Waals surface area (Å²) in [5.41, 5.74) is 1.94. The molecular formula is C19H22N6O4S. The molecule has 2 aromatic carbocycles. The topological polar surface area (TPSA) is 118 Å². The van der Waals surface area contributed by atoms with Gasteiger partial charge in [0, 0.05) is 25.5 Å². The third-order valence-corrected chi connectivity index (χ3v) is 6.05. The first-order chi connectivity index (χ1) is 14.3. The van der Waals surface area contributed by atoms with Crippen LogP contribution in [0.15, 0.2) is 60.0 Å². The molecule has 0 spiro atoms. The molecule has 0 saturated heterocycles. The zero-order valence-corrected chi connectivity index (χ0v) is 17.5. The van der Waals surface area contributed by atoms with Crippen LogP contribution in [0.3, 0.4) is 0 Å². The molecule has 11 heteroatoms. The van der Waals surface area contributed by atoms with Gasteiger partial charge >= 0.3 is 0 Å². The van der Waals surface area contributed by atoms with Gasteiger partial charge in [0.05, 0.1) is 19.3 Å². The van der Waals surface area contributed by atoms with Gasteiger partial charge in [-0.15, -0.1) is 0 Å². The third kappa shape index (κ3) is 4.75. The van der Waals surface area contributed by atoms with E-state index in [0.29, 0.717) is 5.69 Å². The van der Waals surface area contributed by atoms with Gasteiger partial charge in [-0.25, -0.2) is 22.4 Å². The molecule has 10 nitrogen and oxygen atoms in total. The third-order valence-electron chi connectivity index (χ3n) is 4.21. The number of sulfonamides is 1. The van der Waals surface area contributed by atoms with E-state index < -0.39 is 10.0 Å². The highest BCUT2D eigenvalue weighted by Crippen LogP contribution is 2.28. The van der Waals surface area contributed by atoms with E-state index >= 15 is 0 Å². The lowest BCUT2D eigenvalue weighted by Gasteiger charge is -2.16. The lowest BCUT2D eigenvalue weighted by Crippen LogP contribution is -2.24. The van der Waals surface area contributed by atoms with E-state index in [1.165, 1.54) is 39.7 Å². The van der Waals surface area contributed by atoms with Crippen molar-refractivity contribution in [1.82, 2.24) is 19.1 Å². The van der Waals surface area contributed by atoms with Gasteiger partial charge in [0.2, 0.25) is 15.9 Å². The molecule has 0 aliphatic carbocycles. The standard InChI is InChI=1S/C19H22N6O4S/c1-24(2)30(27,28)18-10-15(6-9-17(18)29-3)23-19(26)11-21-14-4-7-16(8-5-14)25-13-20-12-22-25/h4-10,12-13,21H,11H2,1-3H3,(H,23,26). The highest BCUT2D eigenvalue weighted by Gasteiger charge is 2.23. The van der Waals surface area contributed by atoms with E-state index in [4.69, 9.17) is 4.74 Å². The predicted molar refractivity (Wildman–Crippen MR) is 112 cm³/mol. The highest BCUT2D eigenvalue weighted by atomic mass is 32.2. The minimum atomic E-state index is -3.73. The Morgan fingerprint density at radius 3 is 2.43 bits per heavy atom. The maximum atomic E-state index is 12.5. The first-order valence-electron chi connectivity index (χ1n) is 8.90. The van der Waals surface area contributed by atoms with Crippen molar-refractivity contribution in [3.05, 3.63) is 55.1 Å². The number of nitrogens with one attached hydrogen (secondary N) is 2. The smallest absolute Gasteiger partial charge is 0.246 e. The molecule has 1 heterocycles. The summed E-state index contributed by atoms with van der Waals surface area (Å²) in [5.74, 6) is -0.124. The van der Waals surface area contributed by atoms with Crippen LogP contribution >= 0.6 is 0 Å². The lowest BCUT2D eigenvalue weighted by molar-refractivity contribution is -0.114. The molecular weight excluding hydrogens is 408 g/mol. The lowest BCUT2D eigenvalue weighted by atomic mass is 10.2. The number of benzene rings is 2. The predicted octanol–water partition coefficient (Wildman–Crippen LogP) is 1.58. The highest BCUT2D eigenvalue weighted by molar-refractivity contribution is 7.89. The summed E-state index contributed by atoms with van der Waals surface area (Å²) in [6, 6.07) is 11.8. The van der Waals surface area contributed by atoms with Crippen LogP contribution in [0.4, 0.5) is 11.4 Å². The van der Waals surface area contributed by atoms with Crippen LogP contribution in [0.2, 0.25) is 0 Å². The molecule has 30 heavy (non-hydrogen) atoms. The molecule has 0 atom stereocenters. The Morgan fingerprint density at radius 2 is 1.83 bits per heavy atom. The van der Waals surface area contributed by atoms with Gasteiger partial charge in [0.25, 0.3) is 0 Å². The molecule has 0 unspecified atom stereocenters. The summed E-state index contributed by atoms with van der Waals surface area (Å²) in [6.45, 7) is 0.00443. The molecule has 3 aromatic rings. The molecule has 0 fully saturated rings. The zero-order valence-electron chi connectivity index (χ0n) is 16.7. The maximum absolute atomic E-state index is 12.5. The molecule has 0 saturated carbocycles. The van der Waals surface area contributed by atoms with Crippen LogP contribution < -0.4 is 15.4 Å². The van der Waals surface area contributed by atoms with Gasteiger partial charge in [-0.1, -0.05) is 0 Å². The molecule has 1 aromatic heterocycles. The number of methoxy groups -OCH3 is 1. The Morgan fingerprint density at radius 1 is 1.13 bits per heavy atom. The van der Waals surface area contributed by atoms with Crippen molar-refractivity contribution in [3.8, 4) is 11.4 Å². The van der Waals surface area contributed by atoms with Gasteiger partial charge in [-0.05, 0) is 42.5 Å². The summed E-state index contributed by atoms with van der Waals surface area (Å²) in [7, 11) is 0.520. The maximum Gasteiger partial charge on any atom is 0.246 e. The molecule has 0 radical (unpaired) electrons. The monoisotopic (exact) mass is 430 g/mol. The van der Waals surface area contributed by atoms with Gasteiger partial charge in [-0.2, -0.15) is 5.10 Å². The summed E-state index contributed by atoms with van der Waals surface area (Å²) in [5, 5.41) is 9.75. The molecule has 0 aliphatic rings. The number of rotatable bonds is 8. The van der Waals surface area contributed by atoms with E-state index in [9.17, 15) is 13.2 Å². The van der Waals surface area contributed by atoms with Gasteiger partial charge < -0.3 is 15.4 Å². The average molecular weight is 430 g/mol. The minimum absolute atomic E-state index is 0.00443. The first-order valence-corrected chi connectivity index (χ1v) is 10.3. The molecule has 3 rings (SSSR count). The van der Waals surface area contributed by atoms with Crippen molar-refractivity contribution >= 4 is 27.3 Å². The molecule has 0 aliphatic heterocycles. The van der Waals surface area contributed by atoms with Crippen LogP contribution in [-0.2, 0) is 14.8 Å². The number of hydrogen-bond acceptors (Lipinski definition) is 7. The second kappa shape index (κ2) is 8.93. The number of amides is 1. The molecule has 2 N–H and O–H groups in total. The second-order valence-corrected chi connectivity index (χ2v) is 8.56. The fourth-order valence-corrected chi connectivity index (χ4v) is 3.69. The number of hydrogen-bond donors (Lipinski definition) is 2. The minimum Gasteiger partial charge on any atom is -0.495 e. The van der Waals surface area contributed by atoms with Crippen LogP contribution in [0.25, 0.3) is 5.69 Å². The van der Waals surface area contributed by atoms with E-state index in [-0.39, 0.29) is 23.1 Å². The van der Waals surface area contributed by atoms with Crippen molar-refractivity contribution in [2.45, 2.75) is 4.90 Å². The van der Waals surface area contributed by atoms with E-state index in [1.807, 2.05) is 24.3 Å². The quantitative estimate of drug-likeness (QED) is 0.557. The summed E-state index contributed by atoms with van der Waals surface area (Å²) in [6.07, 6.45) is 3.04. The number of nitrogens with zero attached hydrogens (tertiary/aromatic N) is 4. The largest absolute Gasteiger partial charge is 0.495 e. The Bertz CT molecular complexity index is 1110. The van der Waals surface area contributed by atoms with E-state index in [0.717, 1.165) is 15.7 Å². The first kappa shape index (κ1) is 21.3. The van der Waals surface area contributed by atoms with E-state index in [2.05, 4.69) is 20.7 Å². The van der Waals surface area contributed by atoms with Crippen LogP contribution in [0.1, 0.15) is 0 Å². The Balaban J connectivity index is 1.65. The van der Waals surface area contributed by atoms with Crippen LogP contribution in [0.5, 0.6) is 5.75 Å². The number of anilines is 2. The van der Waals surface area contributed by atoms with Crippen molar-refractivity contribution < 1.29 is 17.9 Å². The van der Waals surface area contributed by atoms with Crippen molar-refractivity contribution in [2.24, 2.45) is 0 Å². The van der Waals surface area contributed by atoms with Crippen molar-refractivity contribution in [1.29, 1.82) is 0 Å². The zero-order chi connectivity index (χ0) is 21.7. The number of carbonyl (C=O) groups excluding carboxylic acids is 1. The van der Waals surface area contributed by atoms with Crippen molar-refractivity contribution in [2.75, 3.05) is 38.4 Å². The molecule has 158 valence electrons. The summed E-state index contributed by atoms with van der Waals surface area (Å²) >= 11 is 0. The number of aromatic nitrogens is 3. The normalized spacial score (nSPS) is 11.3. The molecule has 1 amide bonds. The molecule has 0 bridgehead atoms. The van der Waals surface area contributed by atoms with Gasteiger partial charge in [0.1, 0.15) is 23.3 Å². The SMILES string of the molecule is COc1ccc(NC(=O)CNc2ccc(-n3cncn3)cc2)cc1S(=O)(=O)N(C)C. The number of carbonyl (C=O) groups is 1. The fourth-order valence-electron chi connectivity index (χ4n) is 2.61. The van der Waals surface area contributed by atoms with Crippen LogP contribution in [-0.4, -0.2) is 61.1 Å². The van der Waals surface area contributed by atoms with Crippen LogP contribution in [0, 0.1) is 0 Å². The fraction of sp³-hybridized carbons (Fsp3) is 0.211. The summed E-state index contributed by atoms with van der Waals surface area (Å²) < 4.78 is 32.8. The van der Waals surface area contributed by atoms with E-state index in [1.54, 1.807) is 17.1 Å². The Hall–Kier alpha value is -3.44. The Labute approximate surface area is 174 Å². The summed E-state index contributed by atoms with van der Waals surface area (Å²) in [4.78, 5) is 16.2. The van der Waals surface area contributed by atoms with Crippen molar-refractivity contribution in [3.63, 3.8) is 0 Å². The second-order valence-electron chi connectivity index (χ2n) is 6.44. The Kier molecular flexibility index (Phi) is 6.33.